The summed E-state index contributed by atoms with van der Waals surface area (Å²) < 4.78 is 11.1. The molecule has 5 unspecified atom stereocenters. The lowest BCUT2D eigenvalue weighted by atomic mass is 9.88. The normalized spacial score (nSPS) is 39.8. The lowest BCUT2D eigenvalue weighted by Crippen LogP contribution is -2.34. The zero-order chi connectivity index (χ0) is 13.5. The molecular weight excluding hydrogens is 254 g/mol. The Kier molecular flexibility index (Phi) is 3.27. The van der Waals surface area contributed by atoms with Crippen LogP contribution >= 0.6 is 0 Å². The molecule has 2 bridgehead atoms. The summed E-state index contributed by atoms with van der Waals surface area (Å²) in [6, 6.07) is 0.313. The molecule has 1 aliphatic heterocycles. The number of fused-ring (bicyclic) bond motifs is 2. The van der Waals surface area contributed by atoms with Crippen LogP contribution < -0.4 is 5.32 Å². The van der Waals surface area contributed by atoms with Gasteiger partial charge in [-0.2, -0.15) is 4.98 Å². The Hall–Kier alpha value is -0.940. The van der Waals surface area contributed by atoms with Crippen LogP contribution in [-0.4, -0.2) is 35.9 Å². The van der Waals surface area contributed by atoms with Gasteiger partial charge >= 0.3 is 0 Å². The zero-order valence-corrected chi connectivity index (χ0v) is 12.0. The predicted octanol–water partition coefficient (Wildman–Crippen LogP) is 2.07. The minimum Gasteiger partial charge on any atom is -0.379 e. The van der Waals surface area contributed by atoms with Crippen molar-refractivity contribution >= 4 is 0 Å². The summed E-state index contributed by atoms with van der Waals surface area (Å²) in [7, 11) is 0. The minimum absolute atomic E-state index is 0.217. The molecule has 1 aromatic heterocycles. The molecule has 0 spiro atoms. The Balaban J connectivity index is 1.50. The molecule has 1 N–H and O–H groups in total. The highest BCUT2D eigenvalue weighted by Gasteiger charge is 2.43. The minimum atomic E-state index is 0.217. The largest absolute Gasteiger partial charge is 0.379 e. The van der Waals surface area contributed by atoms with Gasteiger partial charge in [0.2, 0.25) is 5.89 Å². The highest BCUT2D eigenvalue weighted by molar-refractivity contribution is 5.09. The second-order valence-electron chi connectivity index (χ2n) is 6.58. The van der Waals surface area contributed by atoms with Crippen molar-refractivity contribution in [3.05, 3.63) is 11.7 Å². The Morgan fingerprint density at radius 2 is 2.15 bits per heavy atom. The molecule has 5 heteroatoms. The summed E-state index contributed by atoms with van der Waals surface area (Å²) >= 11 is 0. The van der Waals surface area contributed by atoms with Crippen molar-refractivity contribution in [2.45, 2.75) is 50.5 Å². The van der Waals surface area contributed by atoms with Gasteiger partial charge in [-0.25, -0.2) is 0 Å². The van der Waals surface area contributed by atoms with Crippen molar-refractivity contribution in [3.8, 4) is 0 Å². The first-order valence-electron chi connectivity index (χ1n) is 7.99. The van der Waals surface area contributed by atoms with Gasteiger partial charge in [0.05, 0.1) is 19.1 Å². The van der Waals surface area contributed by atoms with E-state index in [-0.39, 0.29) is 5.92 Å². The molecule has 2 saturated carbocycles. The number of nitrogens with one attached hydrogen (secondary N) is 1. The first-order valence-corrected chi connectivity index (χ1v) is 7.99. The van der Waals surface area contributed by atoms with E-state index in [1.807, 2.05) is 0 Å². The van der Waals surface area contributed by atoms with Crippen LogP contribution in [0.15, 0.2) is 4.52 Å². The molecule has 110 valence electrons. The summed E-state index contributed by atoms with van der Waals surface area (Å²) in [5.41, 5.74) is 0. The number of rotatable bonds is 4. The monoisotopic (exact) mass is 277 g/mol. The van der Waals surface area contributed by atoms with Gasteiger partial charge in [0.25, 0.3) is 0 Å². The maximum atomic E-state index is 5.57. The first-order chi connectivity index (χ1) is 9.85. The molecule has 3 aliphatic rings. The third kappa shape index (κ3) is 2.07. The van der Waals surface area contributed by atoms with Crippen LogP contribution in [0.1, 0.15) is 56.2 Å². The summed E-state index contributed by atoms with van der Waals surface area (Å²) in [5, 5.41) is 7.73. The number of hydrogen-bond donors (Lipinski definition) is 1. The van der Waals surface area contributed by atoms with Crippen molar-refractivity contribution in [3.63, 3.8) is 0 Å². The molecule has 1 aromatic rings. The lowest BCUT2D eigenvalue weighted by Gasteiger charge is -2.17. The maximum absolute atomic E-state index is 5.57. The van der Waals surface area contributed by atoms with Crippen LogP contribution in [0.2, 0.25) is 0 Å². The lowest BCUT2D eigenvalue weighted by molar-refractivity contribution is 0.185. The second-order valence-corrected chi connectivity index (χ2v) is 6.58. The summed E-state index contributed by atoms with van der Waals surface area (Å²) in [6.07, 6.45) is 5.40. The van der Waals surface area contributed by atoms with Crippen molar-refractivity contribution in [1.82, 2.24) is 15.5 Å². The SMILES string of the molecule is CCNC1COCC1c1nc(C2CC3CCC2C3)no1. The van der Waals surface area contributed by atoms with E-state index in [4.69, 9.17) is 14.2 Å². The first kappa shape index (κ1) is 12.8. The summed E-state index contributed by atoms with van der Waals surface area (Å²) in [5.74, 6) is 4.20. The van der Waals surface area contributed by atoms with Crippen LogP contribution in [-0.2, 0) is 4.74 Å². The van der Waals surface area contributed by atoms with Crippen LogP contribution in [0.25, 0.3) is 0 Å². The molecule has 2 aliphatic carbocycles. The maximum Gasteiger partial charge on any atom is 0.233 e. The molecule has 3 fully saturated rings. The van der Waals surface area contributed by atoms with Crippen molar-refractivity contribution < 1.29 is 9.26 Å². The standard InChI is InChI=1S/C15H23N3O2/c1-2-16-13-8-19-7-12(13)15-17-14(18-20-15)11-6-9-3-4-10(11)5-9/h9-13,16H,2-8H2,1H3. The summed E-state index contributed by atoms with van der Waals surface area (Å²) in [4.78, 5) is 4.73. The Morgan fingerprint density at radius 3 is 2.90 bits per heavy atom. The molecular formula is C15H23N3O2. The van der Waals surface area contributed by atoms with E-state index in [1.54, 1.807) is 0 Å². The molecule has 1 saturated heterocycles. The quantitative estimate of drug-likeness (QED) is 0.913. The number of ether oxygens (including phenoxy) is 1. The summed E-state index contributed by atoms with van der Waals surface area (Å²) in [6.45, 7) is 4.49. The van der Waals surface area contributed by atoms with Crippen molar-refractivity contribution in [2.24, 2.45) is 11.8 Å². The number of nitrogens with zero attached hydrogens (tertiary/aromatic N) is 2. The van der Waals surface area contributed by atoms with Gasteiger partial charge in [0.1, 0.15) is 0 Å². The van der Waals surface area contributed by atoms with E-state index in [0.717, 1.165) is 36.7 Å². The Labute approximate surface area is 119 Å². The topological polar surface area (TPSA) is 60.2 Å². The predicted molar refractivity (Wildman–Crippen MR) is 73.5 cm³/mol. The van der Waals surface area contributed by atoms with Crippen molar-refractivity contribution in [2.75, 3.05) is 19.8 Å². The second kappa shape index (κ2) is 5.11. The molecule has 2 heterocycles. The molecule has 0 aromatic carbocycles. The zero-order valence-electron chi connectivity index (χ0n) is 12.0. The van der Waals surface area contributed by atoms with Crippen LogP contribution in [0.4, 0.5) is 0 Å². The van der Waals surface area contributed by atoms with Gasteiger partial charge in [-0.3, -0.25) is 0 Å². The molecule has 0 radical (unpaired) electrons. The molecule has 20 heavy (non-hydrogen) atoms. The molecule has 0 amide bonds. The van der Waals surface area contributed by atoms with Crippen LogP contribution in [0.3, 0.4) is 0 Å². The number of likely N-dealkylation sites (N-methyl/N-ethyl adjacent to an activating group) is 1. The van der Waals surface area contributed by atoms with Gasteiger partial charge in [-0.15, -0.1) is 0 Å². The van der Waals surface area contributed by atoms with Gasteiger partial charge in [0.15, 0.2) is 5.82 Å². The third-order valence-electron chi connectivity index (χ3n) is 5.39. The van der Waals surface area contributed by atoms with Crippen LogP contribution in [0.5, 0.6) is 0 Å². The van der Waals surface area contributed by atoms with E-state index < -0.39 is 0 Å². The van der Waals surface area contributed by atoms with E-state index in [2.05, 4.69) is 17.4 Å². The van der Waals surface area contributed by atoms with E-state index in [9.17, 15) is 0 Å². The average molecular weight is 277 g/mol. The molecule has 4 rings (SSSR count). The fourth-order valence-corrected chi connectivity index (χ4v) is 4.37. The Bertz CT molecular complexity index is 475. The smallest absolute Gasteiger partial charge is 0.233 e. The fourth-order valence-electron chi connectivity index (χ4n) is 4.37. The van der Waals surface area contributed by atoms with Gasteiger partial charge in [0, 0.05) is 12.0 Å². The Morgan fingerprint density at radius 1 is 1.20 bits per heavy atom. The van der Waals surface area contributed by atoms with Gasteiger partial charge in [-0.05, 0) is 37.6 Å². The number of hydrogen-bond acceptors (Lipinski definition) is 5. The van der Waals surface area contributed by atoms with Crippen molar-refractivity contribution in [1.29, 1.82) is 0 Å². The average Bonchev–Trinajstić information content (AvgIpc) is 3.22. The highest BCUT2D eigenvalue weighted by atomic mass is 16.5. The van der Waals surface area contributed by atoms with Crippen LogP contribution in [0, 0.1) is 11.8 Å². The van der Waals surface area contributed by atoms with E-state index in [1.165, 1.54) is 25.7 Å². The fraction of sp³-hybridized carbons (Fsp3) is 0.867. The molecule has 5 nitrogen and oxygen atoms in total. The molecule has 5 atom stereocenters. The number of aromatic nitrogens is 2. The van der Waals surface area contributed by atoms with E-state index >= 15 is 0 Å². The third-order valence-corrected chi connectivity index (χ3v) is 5.39. The highest BCUT2D eigenvalue weighted by Crippen LogP contribution is 2.52. The van der Waals surface area contributed by atoms with Gasteiger partial charge in [-0.1, -0.05) is 18.5 Å². The van der Waals surface area contributed by atoms with Gasteiger partial charge < -0.3 is 14.6 Å². The van der Waals surface area contributed by atoms with E-state index in [0.29, 0.717) is 18.6 Å².